The summed E-state index contributed by atoms with van der Waals surface area (Å²) >= 11 is 0. The van der Waals surface area contributed by atoms with Gasteiger partial charge in [-0.1, -0.05) is 31.9 Å². The molecule has 24 heavy (non-hydrogen) atoms. The number of benzene rings is 2. The van der Waals surface area contributed by atoms with Crippen LogP contribution in [0.25, 0.3) is 0 Å². The molecule has 2 aromatic carbocycles. The van der Waals surface area contributed by atoms with E-state index in [0.29, 0.717) is 23.5 Å². The van der Waals surface area contributed by atoms with Crippen molar-refractivity contribution in [3.05, 3.63) is 59.7 Å². The van der Waals surface area contributed by atoms with Crippen molar-refractivity contribution in [3.63, 3.8) is 0 Å². The quantitative estimate of drug-likeness (QED) is 0.552. The molecule has 0 aliphatic carbocycles. The number of rotatable bonds is 8. The molecule has 0 amide bonds. The number of hydrogen-bond donors (Lipinski definition) is 2. The Balaban J connectivity index is 2.00. The van der Waals surface area contributed by atoms with Gasteiger partial charge in [0.1, 0.15) is 0 Å². The molecule has 2 aromatic rings. The molecule has 0 heterocycles. The molecule has 126 valence electrons. The van der Waals surface area contributed by atoms with Crippen LogP contribution >= 0.6 is 0 Å². The summed E-state index contributed by atoms with van der Waals surface area (Å²) < 4.78 is 5.20. The Morgan fingerprint density at radius 1 is 1.04 bits per heavy atom. The van der Waals surface area contributed by atoms with Crippen molar-refractivity contribution >= 4 is 23.3 Å². The van der Waals surface area contributed by atoms with E-state index in [-0.39, 0.29) is 11.5 Å². The Kier molecular flexibility index (Phi) is 6.37. The van der Waals surface area contributed by atoms with Crippen molar-refractivity contribution in [2.75, 3.05) is 11.9 Å². The third-order valence-corrected chi connectivity index (χ3v) is 3.54. The summed E-state index contributed by atoms with van der Waals surface area (Å²) in [6, 6.07) is 13.4. The Labute approximate surface area is 141 Å². The molecule has 0 aliphatic heterocycles. The zero-order valence-electron chi connectivity index (χ0n) is 13.6. The van der Waals surface area contributed by atoms with Gasteiger partial charge in [-0.2, -0.15) is 0 Å². The van der Waals surface area contributed by atoms with Crippen LogP contribution in [0, 0.1) is 0 Å². The lowest BCUT2D eigenvalue weighted by Gasteiger charge is -2.10. The van der Waals surface area contributed by atoms with Crippen molar-refractivity contribution < 1.29 is 19.4 Å². The minimum Gasteiger partial charge on any atom is -0.478 e. The third kappa shape index (κ3) is 4.84. The average molecular weight is 327 g/mol. The molecule has 0 saturated heterocycles. The summed E-state index contributed by atoms with van der Waals surface area (Å²) in [6.07, 6.45) is 2.99. The maximum absolute atomic E-state index is 11.9. The third-order valence-electron chi connectivity index (χ3n) is 3.54. The molecule has 0 atom stereocenters. The maximum atomic E-state index is 11.9. The molecule has 2 rings (SSSR count). The number of para-hydroxylation sites is 1. The lowest BCUT2D eigenvalue weighted by molar-refractivity contribution is 0.0497. The highest BCUT2D eigenvalue weighted by molar-refractivity contribution is 5.95. The van der Waals surface area contributed by atoms with Gasteiger partial charge in [-0.15, -0.1) is 0 Å². The number of aromatic carboxylic acids is 1. The Morgan fingerprint density at radius 3 is 2.42 bits per heavy atom. The predicted molar refractivity (Wildman–Crippen MR) is 92.9 cm³/mol. The summed E-state index contributed by atoms with van der Waals surface area (Å²) in [5.41, 5.74) is 1.87. The van der Waals surface area contributed by atoms with E-state index >= 15 is 0 Å². The van der Waals surface area contributed by atoms with E-state index < -0.39 is 5.97 Å². The number of hydrogen-bond acceptors (Lipinski definition) is 4. The number of nitrogens with one attached hydrogen (secondary N) is 1. The Bertz CT molecular complexity index is 695. The van der Waals surface area contributed by atoms with Crippen molar-refractivity contribution in [1.82, 2.24) is 0 Å². The molecular weight excluding hydrogens is 306 g/mol. The number of unbranched alkanes of at least 4 members (excludes halogenated alkanes) is 2. The van der Waals surface area contributed by atoms with Crippen LogP contribution < -0.4 is 5.32 Å². The van der Waals surface area contributed by atoms with Crippen molar-refractivity contribution in [1.29, 1.82) is 0 Å². The van der Waals surface area contributed by atoms with Crippen LogP contribution in [-0.2, 0) is 4.74 Å². The van der Waals surface area contributed by atoms with Crippen LogP contribution in [0.2, 0.25) is 0 Å². The number of esters is 1. The molecule has 0 unspecified atom stereocenters. The molecule has 5 heteroatoms. The number of anilines is 2. The number of carbonyl (C=O) groups is 2. The lowest BCUT2D eigenvalue weighted by atomic mass is 10.1. The van der Waals surface area contributed by atoms with Gasteiger partial charge in [-0.3, -0.25) is 0 Å². The molecular formula is C19H21NO4. The van der Waals surface area contributed by atoms with E-state index in [0.717, 1.165) is 19.3 Å². The van der Waals surface area contributed by atoms with E-state index in [4.69, 9.17) is 4.74 Å². The van der Waals surface area contributed by atoms with Crippen molar-refractivity contribution in [2.45, 2.75) is 26.2 Å². The van der Waals surface area contributed by atoms with Gasteiger partial charge < -0.3 is 15.2 Å². The summed E-state index contributed by atoms with van der Waals surface area (Å²) in [4.78, 5) is 23.1. The molecule has 2 N–H and O–H groups in total. The molecule has 0 saturated carbocycles. The van der Waals surface area contributed by atoms with Crippen molar-refractivity contribution in [3.8, 4) is 0 Å². The van der Waals surface area contributed by atoms with Crippen molar-refractivity contribution in [2.24, 2.45) is 0 Å². The van der Waals surface area contributed by atoms with Gasteiger partial charge in [-0.25, -0.2) is 9.59 Å². The minimum atomic E-state index is -0.995. The number of carboxylic acids is 1. The Hall–Kier alpha value is -2.82. The summed E-state index contributed by atoms with van der Waals surface area (Å²) in [6.45, 7) is 2.52. The smallest absolute Gasteiger partial charge is 0.338 e. The second-order valence-corrected chi connectivity index (χ2v) is 5.40. The average Bonchev–Trinajstić information content (AvgIpc) is 2.59. The van der Waals surface area contributed by atoms with Crippen LogP contribution in [0.4, 0.5) is 11.4 Å². The molecule has 0 spiro atoms. The first-order chi connectivity index (χ1) is 11.6. The Morgan fingerprint density at radius 2 is 1.75 bits per heavy atom. The maximum Gasteiger partial charge on any atom is 0.338 e. The summed E-state index contributed by atoms with van der Waals surface area (Å²) in [7, 11) is 0. The minimum absolute atomic E-state index is 0.192. The standard InChI is InChI=1S/C19H21NO4/c1-2-3-6-13-24-19(23)14-9-11-15(12-10-14)20-17-8-5-4-7-16(17)18(21)22/h4-5,7-12,20H,2-3,6,13H2,1H3,(H,21,22). The molecule has 0 aliphatic rings. The van der Waals surface area contributed by atoms with E-state index in [1.165, 1.54) is 6.07 Å². The zero-order chi connectivity index (χ0) is 17.4. The fraction of sp³-hybridized carbons (Fsp3) is 0.263. The van der Waals surface area contributed by atoms with E-state index in [9.17, 15) is 14.7 Å². The van der Waals surface area contributed by atoms with Crippen LogP contribution in [0.1, 0.15) is 46.9 Å². The topological polar surface area (TPSA) is 75.6 Å². The van der Waals surface area contributed by atoms with E-state index in [2.05, 4.69) is 12.2 Å². The number of ether oxygens (including phenoxy) is 1. The monoisotopic (exact) mass is 327 g/mol. The molecule has 0 aromatic heterocycles. The van der Waals surface area contributed by atoms with Gasteiger partial charge in [-0.05, 0) is 42.8 Å². The second kappa shape index (κ2) is 8.72. The fourth-order valence-corrected chi connectivity index (χ4v) is 2.22. The molecule has 0 fully saturated rings. The summed E-state index contributed by atoms with van der Waals surface area (Å²) in [5.74, 6) is -1.34. The first-order valence-corrected chi connectivity index (χ1v) is 7.98. The molecule has 0 radical (unpaired) electrons. The largest absolute Gasteiger partial charge is 0.478 e. The van der Waals surface area contributed by atoms with E-state index in [1.807, 2.05) is 0 Å². The first kappa shape index (κ1) is 17.5. The first-order valence-electron chi connectivity index (χ1n) is 7.98. The van der Waals surface area contributed by atoms with Gasteiger partial charge in [0.2, 0.25) is 0 Å². The molecule has 0 bridgehead atoms. The van der Waals surface area contributed by atoms with E-state index in [1.54, 1.807) is 42.5 Å². The summed E-state index contributed by atoms with van der Waals surface area (Å²) in [5, 5.41) is 12.2. The normalized spacial score (nSPS) is 10.2. The highest BCUT2D eigenvalue weighted by Crippen LogP contribution is 2.21. The zero-order valence-corrected chi connectivity index (χ0v) is 13.6. The lowest BCUT2D eigenvalue weighted by Crippen LogP contribution is -2.06. The van der Waals surface area contributed by atoms with Crippen LogP contribution in [0.5, 0.6) is 0 Å². The number of carbonyl (C=O) groups excluding carboxylic acids is 1. The van der Waals surface area contributed by atoms with Gasteiger partial charge in [0, 0.05) is 5.69 Å². The molecule has 5 nitrogen and oxygen atoms in total. The van der Waals surface area contributed by atoms with Gasteiger partial charge >= 0.3 is 11.9 Å². The van der Waals surface area contributed by atoms with Crippen LogP contribution in [0.3, 0.4) is 0 Å². The van der Waals surface area contributed by atoms with Gasteiger partial charge in [0.25, 0.3) is 0 Å². The number of carboxylic acid groups (broad SMARTS) is 1. The van der Waals surface area contributed by atoms with Gasteiger partial charge in [0.15, 0.2) is 0 Å². The fourth-order valence-electron chi connectivity index (χ4n) is 2.22. The predicted octanol–water partition coefficient (Wildman–Crippen LogP) is 4.48. The van der Waals surface area contributed by atoms with Gasteiger partial charge in [0.05, 0.1) is 23.4 Å². The second-order valence-electron chi connectivity index (χ2n) is 5.40. The van der Waals surface area contributed by atoms with Crippen LogP contribution in [-0.4, -0.2) is 23.7 Å². The van der Waals surface area contributed by atoms with Crippen LogP contribution in [0.15, 0.2) is 48.5 Å². The highest BCUT2D eigenvalue weighted by Gasteiger charge is 2.10. The highest BCUT2D eigenvalue weighted by atomic mass is 16.5. The SMILES string of the molecule is CCCCCOC(=O)c1ccc(Nc2ccccc2C(=O)O)cc1.